The van der Waals surface area contributed by atoms with Crippen molar-refractivity contribution in [3.63, 3.8) is 0 Å². The van der Waals surface area contributed by atoms with Crippen molar-refractivity contribution in [2.24, 2.45) is 0 Å². The van der Waals surface area contributed by atoms with Crippen molar-refractivity contribution < 1.29 is 19.0 Å². The second-order valence-corrected chi connectivity index (χ2v) is 6.31. The highest BCUT2D eigenvalue weighted by molar-refractivity contribution is 5.95. The zero-order chi connectivity index (χ0) is 20.3. The fourth-order valence-corrected chi connectivity index (χ4v) is 2.98. The number of aryl methyl sites for hydroxylation is 1. The van der Waals surface area contributed by atoms with Crippen LogP contribution in [0.5, 0.6) is 17.2 Å². The number of rotatable bonds is 6. The molecule has 0 unspecified atom stereocenters. The molecule has 2 N–H and O–H groups in total. The third kappa shape index (κ3) is 3.78. The molecule has 0 spiro atoms. The number of fused-ring (bicyclic) bond motifs is 1. The van der Waals surface area contributed by atoms with Gasteiger partial charge in [0.25, 0.3) is 11.5 Å². The van der Waals surface area contributed by atoms with E-state index in [-0.39, 0.29) is 18.0 Å². The largest absolute Gasteiger partial charge is 0.493 e. The van der Waals surface area contributed by atoms with Gasteiger partial charge in [0.15, 0.2) is 11.5 Å². The van der Waals surface area contributed by atoms with Crippen LogP contribution in [-0.4, -0.2) is 32.2 Å². The first-order chi connectivity index (χ1) is 13.5. The van der Waals surface area contributed by atoms with Crippen LogP contribution in [0.1, 0.15) is 21.5 Å². The number of hydrogen-bond donors (Lipinski definition) is 2. The molecule has 0 aliphatic heterocycles. The first kappa shape index (κ1) is 19.3. The van der Waals surface area contributed by atoms with Gasteiger partial charge in [0.1, 0.15) is 0 Å². The van der Waals surface area contributed by atoms with Crippen LogP contribution >= 0.6 is 0 Å². The number of amides is 1. The van der Waals surface area contributed by atoms with E-state index < -0.39 is 0 Å². The Kier molecular flexibility index (Phi) is 5.54. The Balaban J connectivity index is 1.84. The van der Waals surface area contributed by atoms with Crippen LogP contribution < -0.4 is 25.1 Å². The molecule has 1 heterocycles. The van der Waals surface area contributed by atoms with Crippen LogP contribution in [0.15, 0.2) is 41.2 Å². The quantitative estimate of drug-likeness (QED) is 0.684. The van der Waals surface area contributed by atoms with Crippen LogP contribution in [0.4, 0.5) is 0 Å². The SMILES string of the molecule is COc1cc(C(=O)NCc2cc3ccc(C)cc3[nH]c2=O)cc(OC)c1OC. The fourth-order valence-electron chi connectivity index (χ4n) is 2.98. The summed E-state index contributed by atoms with van der Waals surface area (Å²) in [4.78, 5) is 27.8. The second kappa shape index (κ2) is 8.04. The van der Waals surface area contributed by atoms with E-state index in [9.17, 15) is 9.59 Å². The molecule has 28 heavy (non-hydrogen) atoms. The van der Waals surface area contributed by atoms with Crippen LogP contribution in [-0.2, 0) is 6.54 Å². The van der Waals surface area contributed by atoms with E-state index in [1.807, 2.05) is 25.1 Å². The summed E-state index contributed by atoms with van der Waals surface area (Å²) in [6, 6.07) is 10.7. The number of aromatic nitrogens is 1. The standard InChI is InChI=1S/C21H22N2O5/c1-12-5-6-13-8-15(21(25)23-16(13)7-12)11-22-20(24)14-9-17(26-2)19(28-4)18(10-14)27-3/h5-10H,11H2,1-4H3,(H,22,24)(H,23,25). The van der Waals surface area contributed by atoms with Crippen molar-refractivity contribution >= 4 is 16.8 Å². The normalized spacial score (nSPS) is 10.6. The lowest BCUT2D eigenvalue weighted by atomic mass is 10.1. The Morgan fingerprint density at radius 3 is 2.29 bits per heavy atom. The molecule has 0 radical (unpaired) electrons. The predicted octanol–water partition coefficient (Wildman–Crippen LogP) is 2.79. The second-order valence-electron chi connectivity index (χ2n) is 6.31. The van der Waals surface area contributed by atoms with Crippen molar-refractivity contribution in [1.82, 2.24) is 10.3 Å². The molecule has 2 aromatic carbocycles. The summed E-state index contributed by atoms with van der Waals surface area (Å²) in [5, 5.41) is 3.67. The molecule has 3 aromatic rings. The Morgan fingerprint density at radius 1 is 1.00 bits per heavy atom. The molecule has 7 heteroatoms. The van der Waals surface area contributed by atoms with E-state index >= 15 is 0 Å². The van der Waals surface area contributed by atoms with Crippen molar-refractivity contribution in [2.45, 2.75) is 13.5 Å². The number of carbonyl (C=O) groups excluding carboxylic acids is 1. The molecule has 1 aromatic heterocycles. The molecule has 1 amide bonds. The van der Waals surface area contributed by atoms with Gasteiger partial charge in [0, 0.05) is 23.2 Å². The number of hydrogen-bond acceptors (Lipinski definition) is 5. The fraction of sp³-hybridized carbons (Fsp3) is 0.238. The van der Waals surface area contributed by atoms with Gasteiger partial charge in [-0.2, -0.15) is 0 Å². The molecular formula is C21H22N2O5. The molecule has 0 fully saturated rings. The summed E-state index contributed by atoms with van der Waals surface area (Å²) in [6.45, 7) is 2.05. The minimum absolute atomic E-state index is 0.0919. The average molecular weight is 382 g/mol. The van der Waals surface area contributed by atoms with Crippen LogP contribution in [0, 0.1) is 6.92 Å². The van der Waals surface area contributed by atoms with Crippen molar-refractivity contribution in [3.8, 4) is 17.2 Å². The Labute approximate surface area is 162 Å². The number of benzene rings is 2. The molecule has 0 saturated carbocycles. The number of pyridine rings is 1. The highest BCUT2D eigenvalue weighted by atomic mass is 16.5. The van der Waals surface area contributed by atoms with Gasteiger partial charge in [-0.25, -0.2) is 0 Å². The summed E-state index contributed by atoms with van der Waals surface area (Å²) < 4.78 is 15.8. The average Bonchev–Trinajstić information content (AvgIpc) is 2.70. The van der Waals surface area contributed by atoms with Crippen LogP contribution in [0.3, 0.4) is 0 Å². The highest BCUT2D eigenvalue weighted by Gasteiger charge is 2.17. The Bertz CT molecular complexity index is 1060. The van der Waals surface area contributed by atoms with Crippen LogP contribution in [0.2, 0.25) is 0 Å². The summed E-state index contributed by atoms with van der Waals surface area (Å²) in [6.07, 6.45) is 0. The summed E-state index contributed by atoms with van der Waals surface area (Å²) in [5.74, 6) is 0.808. The van der Waals surface area contributed by atoms with Gasteiger partial charge in [-0.3, -0.25) is 9.59 Å². The summed E-state index contributed by atoms with van der Waals surface area (Å²) in [5.41, 5.74) is 2.40. The lowest BCUT2D eigenvalue weighted by molar-refractivity contribution is 0.0950. The molecule has 0 aliphatic rings. The molecule has 146 valence electrons. The Hall–Kier alpha value is -3.48. The number of aromatic amines is 1. The predicted molar refractivity (Wildman–Crippen MR) is 107 cm³/mol. The molecule has 0 saturated heterocycles. The van der Waals surface area contributed by atoms with Gasteiger partial charge in [0.05, 0.1) is 21.3 Å². The first-order valence-electron chi connectivity index (χ1n) is 8.67. The zero-order valence-electron chi connectivity index (χ0n) is 16.2. The van der Waals surface area contributed by atoms with Crippen molar-refractivity contribution in [2.75, 3.05) is 21.3 Å². The van der Waals surface area contributed by atoms with E-state index in [2.05, 4.69) is 10.3 Å². The van der Waals surface area contributed by atoms with Gasteiger partial charge in [-0.15, -0.1) is 0 Å². The summed E-state index contributed by atoms with van der Waals surface area (Å²) in [7, 11) is 4.46. The smallest absolute Gasteiger partial charge is 0.253 e. The van der Waals surface area contributed by atoms with Gasteiger partial charge in [0.2, 0.25) is 5.75 Å². The van der Waals surface area contributed by atoms with E-state index in [0.717, 1.165) is 16.5 Å². The van der Waals surface area contributed by atoms with E-state index in [0.29, 0.717) is 28.4 Å². The van der Waals surface area contributed by atoms with Gasteiger partial charge in [-0.05, 0) is 42.1 Å². The molecule has 0 aliphatic carbocycles. The molecule has 7 nitrogen and oxygen atoms in total. The number of nitrogens with one attached hydrogen (secondary N) is 2. The first-order valence-corrected chi connectivity index (χ1v) is 8.67. The lowest BCUT2D eigenvalue weighted by Crippen LogP contribution is -2.26. The molecule has 3 rings (SSSR count). The number of H-pyrrole nitrogens is 1. The van der Waals surface area contributed by atoms with E-state index in [4.69, 9.17) is 14.2 Å². The monoisotopic (exact) mass is 382 g/mol. The summed E-state index contributed by atoms with van der Waals surface area (Å²) >= 11 is 0. The topological polar surface area (TPSA) is 89.7 Å². The number of ether oxygens (including phenoxy) is 3. The third-order valence-electron chi connectivity index (χ3n) is 4.44. The molecular weight excluding hydrogens is 360 g/mol. The third-order valence-corrected chi connectivity index (χ3v) is 4.44. The van der Waals surface area contributed by atoms with Gasteiger partial charge >= 0.3 is 0 Å². The van der Waals surface area contributed by atoms with Crippen molar-refractivity contribution in [1.29, 1.82) is 0 Å². The van der Waals surface area contributed by atoms with Gasteiger partial charge in [-0.1, -0.05) is 12.1 Å². The highest BCUT2D eigenvalue weighted by Crippen LogP contribution is 2.38. The number of carbonyl (C=O) groups is 1. The maximum Gasteiger partial charge on any atom is 0.253 e. The van der Waals surface area contributed by atoms with Gasteiger partial charge < -0.3 is 24.5 Å². The zero-order valence-corrected chi connectivity index (χ0v) is 16.2. The minimum Gasteiger partial charge on any atom is -0.493 e. The molecule has 0 bridgehead atoms. The Morgan fingerprint density at radius 2 is 1.68 bits per heavy atom. The minimum atomic E-state index is -0.359. The van der Waals surface area contributed by atoms with Crippen LogP contribution in [0.25, 0.3) is 10.9 Å². The van der Waals surface area contributed by atoms with Crippen molar-refractivity contribution in [3.05, 3.63) is 63.4 Å². The lowest BCUT2D eigenvalue weighted by Gasteiger charge is -2.14. The van der Waals surface area contributed by atoms with E-state index in [1.165, 1.54) is 21.3 Å². The molecule has 0 atom stereocenters. The number of methoxy groups -OCH3 is 3. The maximum absolute atomic E-state index is 12.6. The maximum atomic E-state index is 12.6. The van der Waals surface area contributed by atoms with E-state index in [1.54, 1.807) is 18.2 Å².